The Morgan fingerprint density at radius 2 is 1.96 bits per heavy atom. The summed E-state index contributed by atoms with van der Waals surface area (Å²) < 4.78 is 5.13. The largest absolute Gasteiger partial charge is 0.497 e. The SMILES string of the molecule is COc1ccc(CN2C(=O)N(C)[C@]3(Cc4cc(C(=O)O)cnc4C3)C2=O)cc1. The number of carbonyl (C=O) groups excluding carboxylic acids is 2. The second-order valence-corrected chi connectivity index (χ2v) is 7.10. The van der Waals surface area contributed by atoms with Crippen molar-refractivity contribution in [2.45, 2.75) is 24.9 Å². The Bertz CT molecular complexity index is 988. The van der Waals surface area contributed by atoms with Crippen LogP contribution in [-0.4, -0.2) is 57.5 Å². The third kappa shape index (κ3) is 2.60. The van der Waals surface area contributed by atoms with Crippen molar-refractivity contribution in [1.82, 2.24) is 14.8 Å². The lowest BCUT2D eigenvalue weighted by atomic mass is 9.94. The van der Waals surface area contributed by atoms with E-state index in [0.29, 0.717) is 17.0 Å². The first kappa shape index (κ1) is 18.0. The first-order valence-corrected chi connectivity index (χ1v) is 8.79. The zero-order valence-corrected chi connectivity index (χ0v) is 15.5. The first-order valence-electron chi connectivity index (χ1n) is 8.79. The number of urea groups is 1. The topological polar surface area (TPSA) is 100 Å². The van der Waals surface area contributed by atoms with Gasteiger partial charge in [-0.05, 0) is 29.3 Å². The Labute approximate surface area is 161 Å². The summed E-state index contributed by atoms with van der Waals surface area (Å²) in [5, 5.41) is 9.17. The number of imide groups is 1. The molecule has 3 amide bonds. The highest BCUT2D eigenvalue weighted by Crippen LogP contribution is 2.40. The highest BCUT2D eigenvalue weighted by Gasteiger charge is 2.58. The van der Waals surface area contributed by atoms with E-state index in [1.54, 1.807) is 26.3 Å². The predicted octanol–water partition coefficient (Wildman–Crippen LogP) is 1.72. The van der Waals surface area contributed by atoms with Crippen LogP contribution in [0.4, 0.5) is 4.79 Å². The molecule has 2 aliphatic rings. The minimum Gasteiger partial charge on any atom is -0.497 e. The number of ether oxygens (including phenoxy) is 1. The molecule has 1 atom stereocenters. The fourth-order valence-corrected chi connectivity index (χ4v) is 3.91. The standard InChI is InChI=1S/C20H19N3O5/c1-22-19(27)23(11-12-3-5-15(28-2)6-4-12)18(26)20(22)8-13-7-14(17(24)25)10-21-16(13)9-20/h3-7,10H,8-9,11H2,1-2H3,(H,24,25)/t20-/m0/s1. The molecule has 1 saturated heterocycles. The maximum absolute atomic E-state index is 13.3. The Hall–Kier alpha value is -3.42. The molecule has 144 valence electrons. The summed E-state index contributed by atoms with van der Waals surface area (Å²) in [5.41, 5.74) is 1.19. The van der Waals surface area contributed by atoms with Crippen LogP contribution < -0.4 is 4.74 Å². The lowest BCUT2D eigenvalue weighted by Gasteiger charge is -2.27. The number of hydrogen-bond donors (Lipinski definition) is 1. The maximum atomic E-state index is 13.3. The molecule has 1 aromatic heterocycles. The average molecular weight is 381 g/mol. The minimum atomic E-state index is -1.07. The number of aromatic carboxylic acids is 1. The quantitative estimate of drug-likeness (QED) is 0.810. The summed E-state index contributed by atoms with van der Waals surface area (Å²) in [4.78, 5) is 44.2. The molecule has 1 aliphatic carbocycles. The molecular weight excluding hydrogens is 362 g/mol. The first-order chi connectivity index (χ1) is 13.4. The van der Waals surface area contributed by atoms with Crippen molar-refractivity contribution in [2.75, 3.05) is 14.2 Å². The Morgan fingerprint density at radius 1 is 1.25 bits per heavy atom. The number of aromatic nitrogens is 1. The molecule has 2 aromatic rings. The summed E-state index contributed by atoms with van der Waals surface area (Å²) in [5.74, 6) is -0.659. The van der Waals surface area contributed by atoms with Gasteiger partial charge in [0.1, 0.15) is 11.3 Å². The maximum Gasteiger partial charge on any atom is 0.337 e. The van der Waals surface area contributed by atoms with Crippen LogP contribution in [0.5, 0.6) is 5.75 Å². The highest BCUT2D eigenvalue weighted by atomic mass is 16.5. The van der Waals surface area contributed by atoms with Crippen molar-refractivity contribution in [3.63, 3.8) is 0 Å². The van der Waals surface area contributed by atoms with Crippen LogP contribution >= 0.6 is 0 Å². The summed E-state index contributed by atoms with van der Waals surface area (Å²) >= 11 is 0. The van der Waals surface area contributed by atoms with E-state index in [1.807, 2.05) is 12.1 Å². The van der Waals surface area contributed by atoms with Crippen LogP contribution in [0.1, 0.15) is 27.2 Å². The van der Waals surface area contributed by atoms with E-state index in [1.165, 1.54) is 22.1 Å². The molecule has 8 heteroatoms. The van der Waals surface area contributed by atoms with Crippen molar-refractivity contribution >= 4 is 17.9 Å². The van der Waals surface area contributed by atoms with Crippen LogP contribution in [-0.2, 0) is 24.2 Å². The number of likely N-dealkylation sites (N-methyl/N-ethyl adjacent to an activating group) is 1. The van der Waals surface area contributed by atoms with E-state index in [2.05, 4.69) is 4.98 Å². The number of benzene rings is 1. The molecule has 1 N–H and O–H groups in total. The molecule has 1 fully saturated rings. The smallest absolute Gasteiger partial charge is 0.337 e. The number of fused-ring (bicyclic) bond motifs is 1. The van der Waals surface area contributed by atoms with Gasteiger partial charge >= 0.3 is 12.0 Å². The van der Waals surface area contributed by atoms with Gasteiger partial charge in [-0.3, -0.25) is 14.7 Å². The van der Waals surface area contributed by atoms with Gasteiger partial charge in [-0.1, -0.05) is 12.1 Å². The van der Waals surface area contributed by atoms with Crippen LogP contribution in [0.2, 0.25) is 0 Å². The Morgan fingerprint density at radius 3 is 2.61 bits per heavy atom. The van der Waals surface area contributed by atoms with Crippen molar-refractivity contribution in [3.05, 3.63) is 58.9 Å². The molecule has 1 aromatic carbocycles. The summed E-state index contributed by atoms with van der Waals surface area (Å²) in [6.45, 7) is 0.165. The summed E-state index contributed by atoms with van der Waals surface area (Å²) in [6.07, 6.45) is 1.83. The van der Waals surface area contributed by atoms with E-state index in [-0.39, 0.29) is 36.9 Å². The monoisotopic (exact) mass is 381 g/mol. The van der Waals surface area contributed by atoms with Crippen molar-refractivity contribution in [2.24, 2.45) is 0 Å². The van der Waals surface area contributed by atoms with Crippen LogP contribution in [0.3, 0.4) is 0 Å². The second kappa shape index (κ2) is 6.33. The van der Waals surface area contributed by atoms with Crippen LogP contribution in [0.25, 0.3) is 0 Å². The number of carboxylic acid groups (broad SMARTS) is 1. The number of hydrogen-bond acceptors (Lipinski definition) is 5. The number of methoxy groups -OCH3 is 1. The van der Waals surface area contributed by atoms with Crippen LogP contribution in [0, 0.1) is 0 Å². The van der Waals surface area contributed by atoms with Crippen molar-refractivity contribution in [3.8, 4) is 5.75 Å². The highest BCUT2D eigenvalue weighted by molar-refractivity contribution is 6.07. The number of pyridine rings is 1. The Balaban J connectivity index is 1.61. The molecule has 8 nitrogen and oxygen atoms in total. The average Bonchev–Trinajstić information content (AvgIpc) is 3.16. The summed E-state index contributed by atoms with van der Waals surface area (Å²) in [6, 6.07) is 8.36. The fraction of sp³-hybridized carbons (Fsp3) is 0.300. The van der Waals surface area contributed by atoms with Gasteiger partial charge in [-0.15, -0.1) is 0 Å². The Kier molecular flexibility index (Phi) is 4.06. The van der Waals surface area contributed by atoms with Crippen molar-refractivity contribution < 1.29 is 24.2 Å². The lowest BCUT2D eigenvalue weighted by molar-refractivity contribution is -0.133. The third-order valence-electron chi connectivity index (χ3n) is 5.55. The molecule has 0 radical (unpaired) electrons. The van der Waals surface area contributed by atoms with E-state index in [4.69, 9.17) is 4.74 Å². The van der Waals surface area contributed by atoms with E-state index in [9.17, 15) is 19.5 Å². The number of amides is 3. The van der Waals surface area contributed by atoms with E-state index in [0.717, 1.165) is 5.56 Å². The normalized spacial score (nSPS) is 20.8. The van der Waals surface area contributed by atoms with Gasteiger partial charge < -0.3 is 14.7 Å². The van der Waals surface area contributed by atoms with Gasteiger partial charge in [0.25, 0.3) is 5.91 Å². The molecular formula is C20H19N3O5. The number of rotatable bonds is 4. The fourth-order valence-electron chi connectivity index (χ4n) is 3.91. The molecule has 2 heterocycles. The molecule has 0 saturated carbocycles. The molecule has 0 bridgehead atoms. The third-order valence-corrected chi connectivity index (χ3v) is 5.55. The minimum absolute atomic E-state index is 0.0744. The van der Waals surface area contributed by atoms with Gasteiger partial charge in [0.2, 0.25) is 0 Å². The lowest BCUT2D eigenvalue weighted by Crippen LogP contribution is -2.48. The van der Waals surface area contributed by atoms with E-state index < -0.39 is 11.5 Å². The van der Waals surface area contributed by atoms with Gasteiger partial charge in [0.15, 0.2) is 0 Å². The summed E-state index contributed by atoms with van der Waals surface area (Å²) in [7, 11) is 3.18. The van der Waals surface area contributed by atoms with Crippen molar-refractivity contribution in [1.29, 1.82) is 0 Å². The van der Waals surface area contributed by atoms with Gasteiger partial charge in [-0.25, -0.2) is 9.59 Å². The molecule has 4 rings (SSSR count). The molecule has 28 heavy (non-hydrogen) atoms. The number of nitrogens with zero attached hydrogens (tertiary/aromatic N) is 3. The second-order valence-electron chi connectivity index (χ2n) is 7.10. The molecule has 0 unspecified atom stereocenters. The van der Waals surface area contributed by atoms with Crippen LogP contribution in [0.15, 0.2) is 36.5 Å². The zero-order valence-electron chi connectivity index (χ0n) is 15.5. The van der Waals surface area contributed by atoms with Gasteiger partial charge in [-0.2, -0.15) is 0 Å². The van der Waals surface area contributed by atoms with Gasteiger partial charge in [0.05, 0.1) is 19.2 Å². The number of carbonyl (C=O) groups is 3. The zero-order chi connectivity index (χ0) is 20.1. The molecule has 1 aliphatic heterocycles. The predicted molar refractivity (Wildman–Crippen MR) is 98.0 cm³/mol. The van der Waals surface area contributed by atoms with E-state index >= 15 is 0 Å². The number of carboxylic acids is 1. The van der Waals surface area contributed by atoms with Gasteiger partial charge in [0, 0.05) is 31.8 Å². The molecule has 1 spiro atoms.